The molecule has 0 aliphatic heterocycles. The molecule has 1 aromatic carbocycles. The standard InChI is InChI=1S/C11H10BrN3O/c1-15(2)11(16)9-6-7-4-3-5-8(12)10(7)14-13-9/h3-6H,1-2H3. The van der Waals surface area contributed by atoms with Gasteiger partial charge in [0.15, 0.2) is 5.69 Å². The molecule has 0 saturated heterocycles. The molecule has 4 nitrogen and oxygen atoms in total. The molecule has 2 aromatic rings. The molecule has 0 saturated carbocycles. The largest absolute Gasteiger partial charge is 0.343 e. The third-order valence-corrected chi connectivity index (χ3v) is 2.83. The zero-order chi connectivity index (χ0) is 11.7. The number of hydrogen-bond acceptors (Lipinski definition) is 3. The van der Waals surface area contributed by atoms with Crippen LogP contribution in [0.25, 0.3) is 10.9 Å². The van der Waals surface area contributed by atoms with Crippen LogP contribution in [-0.2, 0) is 0 Å². The highest BCUT2D eigenvalue weighted by Gasteiger charge is 2.11. The molecule has 1 amide bonds. The number of rotatable bonds is 1. The molecule has 1 aromatic heterocycles. The number of hydrogen-bond donors (Lipinski definition) is 0. The summed E-state index contributed by atoms with van der Waals surface area (Å²) in [5.41, 5.74) is 1.12. The van der Waals surface area contributed by atoms with E-state index in [1.165, 1.54) is 4.90 Å². The van der Waals surface area contributed by atoms with Crippen molar-refractivity contribution in [1.82, 2.24) is 15.1 Å². The average molecular weight is 280 g/mol. The Labute approximate surface area is 101 Å². The zero-order valence-corrected chi connectivity index (χ0v) is 10.5. The number of amides is 1. The Balaban J connectivity index is 2.57. The van der Waals surface area contributed by atoms with E-state index < -0.39 is 0 Å². The number of aromatic nitrogens is 2. The lowest BCUT2D eigenvalue weighted by Gasteiger charge is -2.09. The first-order chi connectivity index (χ1) is 7.59. The van der Waals surface area contributed by atoms with Crippen LogP contribution >= 0.6 is 15.9 Å². The van der Waals surface area contributed by atoms with Crippen molar-refractivity contribution < 1.29 is 4.79 Å². The summed E-state index contributed by atoms with van der Waals surface area (Å²) in [6.07, 6.45) is 0. The van der Waals surface area contributed by atoms with Crippen molar-refractivity contribution in [2.45, 2.75) is 0 Å². The fourth-order valence-corrected chi connectivity index (χ4v) is 1.83. The number of halogens is 1. The molecule has 0 aliphatic carbocycles. The van der Waals surface area contributed by atoms with E-state index in [1.807, 2.05) is 18.2 Å². The van der Waals surface area contributed by atoms with Crippen LogP contribution in [0, 0.1) is 0 Å². The number of carbonyl (C=O) groups is 1. The molecule has 0 radical (unpaired) electrons. The van der Waals surface area contributed by atoms with Gasteiger partial charge in [-0.2, -0.15) is 0 Å². The Hall–Kier alpha value is -1.49. The first kappa shape index (κ1) is 11.0. The highest BCUT2D eigenvalue weighted by atomic mass is 79.9. The van der Waals surface area contributed by atoms with Gasteiger partial charge in [0.1, 0.15) is 5.52 Å². The fraction of sp³-hybridized carbons (Fsp3) is 0.182. The summed E-state index contributed by atoms with van der Waals surface area (Å²) >= 11 is 3.39. The molecule has 0 bridgehead atoms. The molecule has 5 heteroatoms. The highest BCUT2D eigenvalue weighted by Crippen LogP contribution is 2.21. The molecule has 0 spiro atoms. The van der Waals surface area contributed by atoms with Gasteiger partial charge in [0.2, 0.25) is 0 Å². The topological polar surface area (TPSA) is 46.1 Å². The summed E-state index contributed by atoms with van der Waals surface area (Å²) in [5, 5.41) is 8.86. The van der Waals surface area contributed by atoms with E-state index >= 15 is 0 Å². The summed E-state index contributed by atoms with van der Waals surface area (Å²) in [6, 6.07) is 7.44. The van der Waals surface area contributed by atoms with Crippen LogP contribution < -0.4 is 0 Å². The molecule has 1 heterocycles. The van der Waals surface area contributed by atoms with E-state index in [0.29, 0.717) is 5.69 Å². The smallest absolute Gasteiger partial charge is 0.273 e. The molecule has 16 heavy (non-hydrogen) atoms. The number of nitrogens with zero attached hydrogens (tertiary/aromatic N) is 3. The van der Waals surface area contributed by atoms with Crippen LogP contribution in [0.5, 0.6) is 0 Å². The van der Waals surface area contributed by atoms with Crippen LogP contribution in [0.4, 0.5) is 0 Å². The van der Waals surface area contributed by atoms with Crippen LogP contribution in [0.15, 0.2) is 28.7 Å². The van der Waals surface area contributed by atoms with E-state index in [1.54, 1.807) is 20.2 Å². The monoisotopic (exact) mass is 279 g/mol. The SMILES string of the molecule is CN(C)C(=O)c1cc2cccc(Br)c2nn1. The second-order valence-corrected chi connectivity index (χ2v) is 4.46. The van der Waals surface area contributed by atoms with Crippen molar-refractivity contribution in [3.63, 3.8) is 0 Å². The van der Waals surface area contributed by atoms with E-state index in [0.717, 1.165) is 15.4 Å². The summed E-state index contributed by atoms with van der Waals surface area (Å²) in [5.74, 6) is -0.144. The van der Waals surface area contributed by atoms with Crippen molar-refractivity contribution in [2.75, 3.05) is 14.1 Å². The third kappa shape index (κ3) is 1.90. The molecule has 2 rings (SSSR count). The second-order valence-electron chi connectivity index (χ2n) is 3.61. The Morgan fingerprint density at radius 1 is 1.31 bits per heavy atom. The molecule has 0 unspecified atom stereocenters. The quantitative estimate of drug-likeness (QED) is 0.803. The van der Waals surface area contributed by atoms with Gasteiger partial charge in [0.25, 0.3) is 5.91 Å². The van der Waals surface area contributed by atoms with Gasteiger partial charge in [-0.05, 0) is 28.1 Å². The van der Waals surface area contributed by atoms with E-state index in [9.17, 15) is 4.79 Å². The first-order valence-electron chi connectivity index (χ1n) is 4.73. The summed E-state index contributed by atoms with van der Waals surface area (Å²) in [4.78, 5) is 13.2. The molecular weight excluding hydrogens is 270 g/mol. The van der Waals surface area contributed by atoms with E-state index in [4.69, 9.17) is 0 Å². The van der Waals surface area contributed by atoms with Crippen LogP contribution in [-0.4, -0.2) is 35.1 Å². The van der Waals surface area contributed by atoms with Crippen LogP contribution in [0.3, 0.4) is 0 Å². The summed E-state index contributed by atoms with van der Waals surface area (Å²) in [6.45, 7) is 0. The van der Waals surface area contributed by atoms with Crippen molar-refractivity contribution >= 4 is 32.7 Å². The minimum absolute atomic E-state index is 0.144. The normalized spacial score (nSPS) is 10.4. The molecule has 0 fully saturated rings. The molecule has 0 aliphatic rings. The molecular formula is C11H10BrN3O. The predicted octanol–water partition coefficient (Wildman–Crippen LogP) is 2.09. The van der Waals surface area contributed by atoms with Crippen LogP contribution in [0.1, 0.15) is 10.5 Å². The zero-order valence-electron chi connectivity index (χ0n) is 8.94. The molecule has 0 N–H and O–H groups in total. The lowest BCUT2D eigenvalue weighted by molar-refractivity contribution is 0.0821. The lowest BCUT2D eigenvalue weighted by Crippen LogP contribution is -2.23. The van der Waals surface area contributed by atoms with E-state index in [-0.39, 0.29) is 5.91 Å². The first-order valence-corrected chi connectivity index (χ1v) is 5.52. The minimum Gasteiger partial charge on any atom is -0.343 e. The Bertz CT molecular complexity index is 554. The minimum atomic E-state index is -0.144. The summed E-state index contributed by atoms with van der Waals surface area (Å²) in [7, 11) is 3.38. The maximum atomic E-state index is 11.7. The van der Waals surface area contributed by atoms with Gasteiger partial charge >= 0.3 is 0 Å². The van der Waals surface area contributed by atoms with Gasteiger partial charge < -0.3 is 4.90 Å². The van der Waals surface area contributed by atoms with Crippen molar-refractivity contribution in [1.29, 1.82) is 0 Å². The van der Waals surface area contributed by atoms with Gasteiger partial charge in [-0.25, -0.2) is 0 Å². The Kier molecular flexibility index (Phi) is 2.87. The van der Waals surface area contributed by atoms with Gasteiger partial charge in [-0.1, -0.05) is 12.1 Å². The van der Waals surface area contributed by atoms with Gasteiger partial charge in [-0.3, -0.25) is 4.79 Å². The van der Waals surface area contributed by atoms with Gasteiger partial charge in [-0.15, -0.1) is 10.2 Å². The third-order valence-electron chi connectivity index (χ3n) is 2.19. The maximum Gasteiger partial charge on any atom is 0.273 e. The van der Waals surface area contributed by atoms with Crippen molar-refractivity contribution in [2.24, 2.45) is 0 Å². The van der Waals surface area contributed by atoms with Gasteiger partial charge in [0, 0.05) is 24.0 Å². The second kappa shape index (κ2) is 4.17. The number of carbonyl (C=O) groups excluding carboxylic acids is 1. The maximum absolute atomic E-state index is 11.7. The summed E-state index contributed by atoms with van der Waals surface area (Å²) < 4.78 is 0.876. The predicted molar refractivity (Wildman–Crippen MR) is 65.3 cm³/mol. The van der Waals surface area contributed by atoms with E-state index in [2.05, 4.69) is 26.1 Å². The van der Waals surface area contributed by atoms with Crippen molar-refractivity contribution in [3.05, 3.63) is 34.4 Å². The van der Waals surface area contributed by atoms with Crippen LogP contribution in [0.2, 0.25) is 0 Å². The number of benzene rings is 1. The van der Waals surface area contributed by atoms with Gasteiger partial charge in [0.05, 0.1) is 0 Å². The fourth-order valence-electron chi connectivity index (χ4n) is 1.37. The van der Waals surface area contributed by atoms with Crippen molar-refractivity contribution in [3.8, 4) is 0 Å². The Morgan fingerprint density at radius 2 is 2.06 bits per heavy atom. The highest BCUT2D eigenvalue weighted by molar-refractivity contribution is 9.10. The number of fused-ring (bicyclic) bond motifs is 1. The Morgan fingerprint density at radius 3 is 2.75 bits per heavy atom. The molecule has 0 atom stereocenters. The molecule has 82 valence electrons. The lowest BCUT2D eigenvalue weighted by atomic mass is 10.2. The average Bonchev–Trinajstić information content (AvgIpc) is 2.28.